The first-order chi connectivity index (χ1) is 8.20. The van der Waals surface area contributed by atoms with Gasteiger partial charge in [0.05, 0.1) is 0 Å². The molecule has 1 N–H and O–H groups in total. The average Bonchev–Trinajstić information content (AvgIpc) is 2.32. The van der Waals surface area contributed by atoms with Gasteiger partial charge in [0.1, 0.15) is 11.5 Å². The summed E-state index contributed by atoms with van der Waals surface area (Å²) in [5.41, 5.74) is 0.513. The molecule has 0 aliphatic heterocycles. The fourth-order valence-electron chi connectivity index (χ4n) is 2.03. The number of anilines is 1. The van der Waals surface area contributed by atoms with E-state index in [0.717, 1.165) is 12.4 Å². The Morgan fingerprint density at radius 2 is 2.29 bits per heavy atom. The molecular formula is C13H19N3O. The van der Waals surface area contributed by atoms with Gasteiger partial charge in [-0.15, -0.1) is 0 Å². The van der Waals surface area contributed by atoms with Crippen molar-refractivity contribution >= 4 is 11.7 Å². The van der Waals surface area contributed by atoms with Gasteiger partial charge in [-0.3, -0.25) is 4.79 Å². The minimum Gasteiger partial charge on any atom is -0.373 e. The molecule has 4 nitrogen and oxygen atoms in total. The Morgan fingerprint density at radius 1 is 1.53 bits per heavy atom. The predicted molar refractivity (Wildman–Crippen MR) is 68.1 cm³/mol. The van der Waals surface area contributed by atoms with Crippen LogP contribution in [0.25, 0.3) is 0 Å². The molecule has 1 amide bonds. The van der Waals surface area contributed by atoms with Crippen molar-refractivity contribution in [1.82, 2.24) is 9.88 Å². The van der Waals surface area contributed by atoms with E-state index in [1.54, 1.807) is 18.0 Å². The standard InChI is InChI=1S/C13H19N3O/c1-14-12-8-4-7-11(15-12)13(17)16(2)9-10-5-3-6-10/h4,7-8,10H,3,5-6,9H2,1-2H3,(H,14,15). The lowest BCUT2D eigenvalue weighted by atomic mass is 9.85. The van der Waals surface area contributed by atoms with Crippen LogP contribution in [0.4, 0.5) is 5.82 Å². The van der Waals surface area contributed by atoms with Gasteiger partial charge in [0.2, 0.25) is 0 Å². The fourth-order valence-corrected chi connectivity index (χ4v) is 2.03. The fraction of sp³-hybridized carbons (Fsp3) is 0.538. The zero-order valence-electron chi connectivity index (χ0n) is 10.4. The first-order valence-electron chi connectivity index (χ1n) is 6.11. The van der Waals surface area contributed by atoms with Gasteiger partial charge >= 0.3 is 0 Å². The van der Waals surface area contributed by atoms with Crippen LogP contribution < -0.4 is 5.32 Å². The maximum absolute atomic E-state index is 12.1. The summed E-state index contributed by atoms with van der Waals surface area (Å²) in [6, 6.07) is 5.46. The highest BCUT2D eigenvalue weighted by atomic mass is 16.2. The van der Waals surface area contributed by atoms with Gasteiger partial charge in [0.15, 0.2) is 0 Å². The number of pyridine rings is 1. The third-order valence-electron chi connectivity index (χ3n) is 3.33. The molecule has 0 unspecified atom stereocenters. The molecule has 1 aliphatic carbocycles. The lowest BCUT2D eigenvalue weighted by molar-refractivity contribution is 0.0739. The third-order valence-corrected chi connectivity index (χ3v) is 3.33. The van der Waals surface area contributed by atoms with Crippen LogP contribution in [-0.2, 0) is 0 Å². The highest BCUT2D eigenvalue weighted by Crippen LogP contribution is 2.27. The number of nitrogens with zero attached hydrogens (tertiary/aromatic N) is 2. The highest BCUT2D eigenvalue weighted by molar-refractivity contribution is 5.92. The van der Waals surface area contributed by atoms with Crippen molar-refractivity contribution in [1.29, 1.82) is 0 Å². The minimum atomic E-state index is 0.00833. The number of amides is 1. The third kappa shape index (κ3) is 2.75. The largest absolute Gasteiger partial charge is 0.373 e. The second kappa shape index (κ2) is 5.17. The maximum atomic E-state index is 12.1. The van der Waals surface area contributed by atoms with Gasteiger partial charge in [-0.1, -0.05) is 12.5 Å². The van der Waals surface area contributed by atoms with Gasteiger partial charge in [-0.2, -0.15) is 0 Å². The Labute approximate surface area is 102 Å². The number of carbonyl (C=O) groups is 1. The van der Waals surface area contributed by atoms with E-state index in [1.807, 2.05) is 19.2 Å². The topological polar surface area (TPSA) is 45.2 Å². The Bertz CT molecular complexity index is 401. The molecule has 0 spiro atoms. The molecule has 1 saturated carbocycles. The van der Waals surface area contributed by atoms with E-state index in [9.17, 15) is 4.79 Å². The minimum absolute atomic E-state index is 0.00833. The average molecular weight is 233 g/mol. The second-order valence-corrected chi connectivity index (χ2v) is 4.64. The molecule has 17 heavy (non-hydrogen) atoms. The quantitative estimate of drug-likeness (QED) is 0.865. The van der Waals surface area contributed by atoms with E-state index >= 15 is 0 Å². The Balaban J connectivity index is 2.01. The summed E-state index contributed by atoms with van der Waals surface area (Å²) in [6.45, 7) is 0.851. The second-order valence-electron chi connectivity index (χ2n) is 4.64. The van der Waals surface area contributed by atoms with E-state index in [2.05, 4.69) is 10.3 Å². The molecule has 1 heterocycles. The summed E-state index contributed by atoms with van der Waals surface area (Å²) >= 11 is 0. The van der Waals surface area contributed by atoms with Gasteiger partial charge in [0.25, 0.3) is 5.91 Å². The number of aromatic nitrogens is 1. The predicted octanol–water partition coefficient (Wildman–Crippen LogP) is 2.00. The number of rotatable bonds is 4. The van der Waals surface area contributed by atoms with Crippen LogP contribution in [0.15, 0.2) is 18.2 Å². The van der Waals surface area contributed by atoms with Crippen molar-refractivity contribution in [3.05, 3.63) is 23.9 Å². The number of nitrogens with one attached hydrogen (secondary N) is 1. The van der Waals surface area contributed by atoms with Crippen molar-refractivity contribution in [2.24, 2.45) is 5.92 Å². The van der Waals surface area contributed by atoms with Gasteiger partial charge in [0, 0.05) is 20.6 Å². The van der Waals surface area contributed by atoms with Crippen LogP contribution in [0.2, 0.25) is 0 Å². The van der Waals surface area contributed by atoms with Crippen LogP contribution in [0.1, 0.15) is 29.8 Å². The van der Waals surface area contributed by atoms with Crippen molar-refractivity contribution in [2.75, 3.05) is 26.0 Å². The molecule has 0 saturated heterocycles. The Kier molecular flexibility index (Phi) is 3.61. The van der Waals surface area contributed by atoms with Gasteiger partial charge < -0.3 is 10.2 Å². The SMILES string of the molecule is CNc1cccc(C(=O)N(C)CC2CCC2)n1. The molecular weight excluding hydrogens is 214 g/mol. The van der Waals surface area contributed by atoms with Crippen molar-refractivity contribution in [3.63, 3.8) is 0 Å². The van der Waals surface area contributed by atoms with E-state index in [4.69, 9.17) is 0 Å². The lowest BCUT2D eigenvalue weighted by Gasteiger charge is -2.30. The smallest absolute Gasteiger partial charge is 0.272 e. The summed E-state index contributed by atoms with van der Waals surface area (Å²) in [6.07, 6.45) is 3.81. The lowest BCUT2D eigenvalue weighted by Crippen LogP contribution is -2.34. The molecule has 0 aromatic carbocycles. The van der Waals surface area contributed by atoms with Crippen LogP contribution in [0, 0.1) is 5.92 Å². The van der Waals surface area contributed by atoms with Crippen LogP contribution >= 0.6 is 0 Å². The number of hydrogen-bond acceptors (Lipinski definition) is 3. The molecule has 0 radical (unpaired) electrons. The molecule has 4 heteroatoms. The molecule has 1 aromatic rings. The first kappa shape index (κ1) is 11.9. The summed E-state index contributed by atoms with van der Waals surface area (Å²) in [4.78, 5) is 18.2. The molecule has 92 valence electrons. The summed E-state index contributed by atoms with van der Waals surface area (Å²) < 4.78 is 0. The Hall–Kier alpha value is -1.58. The number of carbonyl (C=O) groups excluding carboxylic acids is 1. The first-order valence-corrected chi connectivity index (χ1v) is 6.11. The van der Waals surface area contributed by atoms with E-state index < -0.39 is 0 Å². The van der Waals surface area contributed by atoms with Crippen LogP contribution in [0.3, 0.4) is 0 Å². The maximum Gasteiger partial charge on any atom is 0.272 e. The van der Waals surface area contributed by atoms with Crippen molar-refractivity contribution in [2.45, 2.75) is 19.3 Å². The van der Waals surface area contributed by atoms with E-state index in [-0.39, 0.29) is 5.91 Å². The van der Waals surface area contributed by atoms with Crippen molar-refractivity contribution < 1.29 is 4.79 Å². The van der Waals surface area contributed by atoms with Gasteiger partial charge in [-0.05, 0) is 30.9 Å². The van der Waals surface area contributed by atoms with E-state index in [1.165, 1.54) is 19.3 Å². The van der Waals surface area contributed by atoms with Crippen LogP contribution in [-0.4, -0.2) is 36.4 Å². The normalized spacial score (nSPS) is 15.2. The summed E-state index contributed by atoms with van der Waals surface area (Å²) in [5.74, 6) is 1.43. The van der Waals surface area contributed by atoms with E-state index in [0.29, 0.717) is 11.6 Å². The Morgan fingerprint density at radius 3 is 2.88 bits per heavy atom. The highest BCUT2D eigenvalue weighted by Gasteiger charge is 2.22. The van der Waals surface area contributed by atoms with Crippen molar-refractivity contribution in [3.8, 4) is 0 Å². The van der Waals surface area contributed by atoms with Gasteiger partial charge in [-0.25, -0.2) is 4.98 Å². The zero-order valence-corrected chi connectivity index (χ0v) is 10.4. The monoisotopic (exact) mass is 233 g/mol. The summed E-state index contributed by atoms with van der Waals surface area (Å²) in [7, 11) is 3.66. The zero-order chi connectivity index (χ0) is 12.3. The molecule has 1 aromatic heterocycles. The molecule has 2 rings (SSSR count). The van der Waals surface area contributed by atoms with Crippen LogP contribution in [0.5, 0.6) is 0 Å². The summed E-state index contributed by atoms with van der Waals surface area (Å²) in [5, 5.41) is 2.94. The molecule has 0 bridgehead atoms. The number of hydrogen-bond donors (Lipinski definition) is 1. The molecule has 0 atom stereocenters. The molecule has 1 fully saturated rings. The molecule has 1 aliphatic rings.